The molecule has 2 aliphatic rings. The van der Waals surface area contributed by atoms with Crippen molar-refractivity contribution in [3.63, 3.8) is 0 Å². The van der Waals surface area contributed by atoms with Crippen molar-refractivity contribution < 1.29 is 18.8 Å². The Labute approximate surface area is 165 Å². The summed E-state index contributed by atoms with van der Waals surface area (Å²) in [6.45, 7) is 18.2. The summed E-state index contributed by atoms with van der Waals surface area (Å²) in [6.07, 6.45) is 0.936. The summed E-state index contributed by atoms with van der Waals surface area (Å²) in [5.74, 6) is 0. The zero-order valence-electron chi connectivity index (χ0n) is 18.2. The van der Waals surface area contributed by atoms with Gasteiger partial charge in [-0.25, -0.2) is 0 Å². The number of hydrogen-bond donors (Lipinski definition) is 1. The fourth-order valence-electron chi connectivity index (χ4n) is 3.75. The predicted octanol–water partition coefficient (Wildman–Crippen LogP) is 3.62. The molecule has 1 N–H and O–H groups in total. The molecule has 2 saturated heterocycles. The lowest BCUT2D eigenvalue weighted by atomic mass is 9.70. The Kier molecular flexibility index (Phi) is 5.01. The highest BCUT2D eigenvalue weighted by molar-refractivity contribution is 6.72. The fraction of sp³-hybridized carbons (Fsp3) is 0.714. The van der Waals surface area contributed by atoms with Crippen molar-refractivity contribution in [1.82, 2.24) is 0 Å². The lowest BCUT2D eigenvalue weighted by molar-refractivity contribution is -0.0696. The molecule has 0 saturated carbocycles. The fourth-order valence-corrected chi connectivity index (χ4v) is 4.53. The second-order valence-corrected chi connectivity index (χ2v) is 15.1. The Balaban J connectivity index is 1.81. The standard InChI is InChI=1S/C21H35BO4Si/c1-18(2,27(7,8)23)13-21(14-24-15-21)16-9-11-17(12-10-16)22-25-19(3,4)20(5,6)26-22/h9-12,23H,13-15H2,1-8H3. The van der Waals surface area contributed by atoms with E-state index in [1.807, 2.05) is 13.1 Å². The first-order chi connectivity index (χ1) is 12.2. The minimum absolute atomic E-state index is 0.00897. The summed E-state index contributed by atoms with van der Waals surface area (Å²) in [5, 5.41) is -0.0822. The molecule has 4 nitrogen and oxygen atoms in total. The number of benzene rings is 1. The van der Waals surface area contributed by atoms with Gasteiger partial charge in [-0.3, -0.25) is 0 Å². The van der Waals surface area contributed by atoms with Gasteiger partial charge < -0.3 is 18.8 Å². The Morgan fingerprint density at radius 2 is 1.48 bits per heavy atom. The number of ether oxygens (including phenoxy) is 1. The molecule has 1 aromatic carbocycles. The van der Waals surface area contributed by atoms with Crippen LogP contribution in [-0.2, 0) is 19.5 Å². The van der Waals surface area contributed by atoms with Crippen molar-refractivity contribution in [2.45, 2.75) is 82.7 Å². The maximum absolute atomic E-state index is 10.7. The maximum Gasteiger partial charge on any atom is 0.494 e. The third-order valence-corrected chi connectivity index (χ3v) is 10.7. The van der Waals surface area contributed by atoms with Crippen LogP contribution in [0.25, 0.3) is 0 Å². The highest BCUT2D eigenvalue weighted by atomic mass is 28.4. The van der Waals surface area contributed by atoms with Gasteiger partial charge in [-0.2, -0.15) is 0 Å². The Hall–Kier alpha value is -0.658. The molecular formula is C21H35BO4Si. The monoisotopic (exact) mass is 390 g/mol. The van der Waals surface area contributed by atoms with Crippen molar-refractivity contribution in [2.75, 3.05) is 13.2 Å². The molecule has 2 heterocycles. The van der Waals surface area contributed by atoms with Crippen LogP contribution in [0.15, 0.2) is 24.3 Å². The van der Waals surface area contributed by atoms with E-state index in [2.05, 4.69) is 65.8 Å². The quantitative estimate of drug-likeness (QED) is 0.781. The van der Waals surface area contributed by atoms with Crippen molar-refractivity contribution >= 4 is 20.9 Å². The summed E-state index contributed by atoms with van der Waals surface area (Å²) in [6, 6.07) is 8.61. The molecule has 0 atom stereocenters. The lowest BCUT2D eigenvalue weighted by Gasteiger charge is -2.49. The van der Waals surface area contributed by atoms with Gasteiger partial charge in [0.05, 0.1) is 24.4 Å². The number of hydrogen-bond acceptors (Lipinski definition) is 4. The lowest BCUT2D eigenvalue weighted by Crippen LogP contribution is -2.52. The second-order valence-electron chi connectivity index (χ2n) is 10.6. The molecule has 0 aromatic heterocycles. The summed E-state index contributed by atoms with van der Waals surface area (Å²) in [5.41, 5.74) is 1.65. The molecule has 0 aliphatic carbocycles. The van der Waals surface area contributed by atoms with Crippen molar-refractivity contribution in [1.29, 1.82) is 0 Å². The van der Waals surface area contributed by atoms with E-state index in [9.17, 15) is 4.80 Å². The van der Waals surface area contributed by atoms with Gasteiger partial charge in [0, 0.05) is 5.41 Å². The smallest absolute Gasteiger partial charge is 0.432 e. The highest BCUT2D eigenvalue weighted by Gasteiger charge is 2.52. The van der Waals surface area contributed by atoms with Crippen molar-refractivity contribution in [3.8, 4) is 0 Å². The van der Waals surface area contributed by atoms with Gasteiger partial charge in [0.25, 0.3) is 0 Å². The Bertz CT molecular complexity index is 671. The largest absolute Gasteiger partial charge is 0.494 e. The van der Waals surface area contributed by atoms with Gasteiger partial charge in [0.15, 0.2) is 8.32 Å². The van der Waals surface area contributed by atoms with Crippen LogP contribution >= 0.6 is 0 Å². The molecule has 150 valence electrons. The highest BCUT2D eigenvalue weighted by Crippen LogP contribution is 2.49. The SMILES string of the molecule is CC1(C)OB(c2ccc(C3(CC(C)(C)[Si](C)(C)O)COC3)cc2)OC1(C)C. The molecule has 0 spiro atoms. The Morgan fingerprint density at radius 3 is 1.85 bits per heavy atom. The topological polar surface area (TPSA) is 47.9 Å². The first-order valence-corrected chi connectivity index (χ1v) is 12.9. The summed E-state index contributed by atoms with van der Waals surface area (Å²) in [7, 11) is -2.60. The molecular weight excluding hydrogens is 355 g/mol. The van der Waals surface area contributed by atoms with Gasteiger partial charge >= 0.3 is 7.12 Å². The van der Waals surface area contributed by atoms with E-state index < -0.39 is 8.32 Å². The molecule has 0 bridgehead atoms. The van der Waals surface area contributed by atoms with Crippen LogP contribution < -0.4 is 5.46 Å². The maximum atomic E-state index is 10.7. The first kappa shape index (κ1) is 21.1. The van der Waals surface area contributed by atoms with Crippen LogP contribution in [0.1, 0.15) is 53.5 Å². The predicted molar refractivity (Wildman–Crippen MR) is 113 cm³/mol. The van der Waals surface area contributed by atoms with Crippen LogP contribution in [0.4, 0.5) is 0 Å². The first-order valence-electron chi connectivity index (χ1n) is 9.95. The van der Waals surface area contributed by atoms with Crippen LogP contribution in [0.5, 0.6) is 0 Å². The third kappa shape index (κ3) is 3.67. The average Bonchev–Trinajstić information content (AvgIpc) is 2.70. The molecule has 6 heteroatoms. The normalized spacial score (nSPS) is 24.0. The van der Waals surface area contributed by atoms with E-state index >= 15 is 0 Å². The zero-order valence-corrected chi connectivity index (χ0v) is 19.2. The third-order valence-electron chi connectivity index (χ3n) is 7.24. The van der Waals surface area contributed by atoms with E-state index in [4.69, 9.17) is 14.0 Å². The van der Waals surface area contributed by atoms with Gasteiger partial charge in [-0.05, 0) is 63.3 Å². The second kappa shape index (κ2) is 6.43. The van der Waals surface area contributed by atoms with Crippen LogP contribution in [0.2, 0.25) is 18.1 Å². The zero-order chi connectivity index (χ0) is 20.3. The van der Waals surface area contributed by atoms with E-state index in [1.165, 1.54) is 5.56 Å². The van der Waals surface area contributed by atoms with Crippen LogP contribution in [0.3, 0.4) is 0 Å². The van der Waals surface area contributed by atoms with Gasteiger partial charge in [-0.1, -0.05) is 38.1 Å². The van der Waals surface area contributed by atoms with Crippen LogP contribution in [-0.4, -0.2) is 44.6 Å². The summed E-state index contributed by atoms with van der Waals surface area (Å²) < 4.78 is 18.0. The van der Waals surface area contributed by atoms with Gasteiger partial charge in [-0.15, -0.1) is 0 Å². The van der Waals surface area contributed by atoms with E-state index in [0.29, 0.717) is 0 Å². The summed E-state index contributed by atoms with van der Waals surface area (Å²) >= 11 is 0. The average molecular weight is 390 g/mol. The minimum Gasteiger partial charge on any atom is -0.432 e. The van der Waals surface area contributed by atoms with Crippen LogP contribution in [0, 0.1) is 0 Å². The molecule has 0 radical (unpaired) electrons. The molecule has 1 aromatic rings. The van der Waals surface area contributed by atoms with E-state index in [0.717, 1.165) is 25.1 Å². The molecule has 27 heavy (non-hydrogen) atoms. The molecule has 0 unspecified atom stereocenters. The van der Waals surface area contributed by atoms with Crippen molar-refractivity contribution in [3.05, 3.63) is 29.8 Å². The van der Waals surface area contributed by atoms with E-state index in [1.54, 1.807) is 0 Å². The molecule has 2 aliphatic heterocycles. The van der Waals surface area contributed by atoms with E-state index in [-0.39, 0.29) is 28.8 Å². The van der Waals surface area contributed by atoms with Crippen molar-refractivity contribution in [2.24, 2.45) is 0 Å². The Morgan fingerprint density at radius 1 is 1.00 bits per heavy atom. The summed E-state index contributed by atoms with van der Waals surface area (Å²) in [4.78, 5) is 10.7. The number of rotatable bonds is 5. The minimum atomic E-state index is -2.27. The molecule has 0 amide bonds. The van der Waals surface area contributed by atoms with Gasteiger partial charge in [0.2, 0.25) is 0 Å². The molecule has 3 rings (SSSR count). The van der Waals surface area contributed by atoms with Gasteiger partial charge in [0.1, 0.15) is 0 Å². The molecule has 2 fully saturated rings.